The van der Waals surface area contributed by atoms with E-state index in [0.717, 1.165) is 0 Å². The van der Waals surface area contributed by atoms with Crippen LogP contribution in [-0.2, 0) is 4.74 Å². The summed E-state index contributed by atoms with van der Waals surface area (Å²) in [5.74, 6) is 0.415. The summed E-state index contributed by atoms with van der Waals surface area (Å²) in [6, 6.07) is 8.19. The zero-order chi connectivity index (χ0) is 16.7. The third kappa shape index (κ3) is 4.22. The van der Waals surface area contributed by atoms with Gasteiger partial charge in [-0.05, 0) is 12.1 Å². The Labute approximate surface area is 132 Å². The van der Waals surface area contributed by atoms with E-state index in [9.17, 15) is 4.79 Å². The van der Waals surface area contributed by atoms with E-state index in [4.69, 9.17) is 18.9 Å². The average Bonchev–Trinajstić information content (AvgIpc) is 2.61. The van der Waals surface area contributed by atoms with E-state index in [1.807, 2.05) is 0 Å². The number of para-hydroxylation sites is 1. The molecule has 0 saturated heterocycles. The van der Waals surface area contributed by atoms with Gasteiger partial charge in [0.05, 0.1) is 27.4 Å². The highest BCUT2D eigenvalue weighted by molar-refractivity contribution is 5.92. The Morgan fingerprint density at radius 2 is 1.65 bits per heavy atom. The second kappa shape index (κ2) is 7.83. The first-order valence-corrected chi connectivity index (χ1v) is 6.58. The van der Waals surface area contributed by atoms with E-state index < -0.39 is 5.97 Å². The molecule has 0 saturated carbocycles. The maximum atomic E-state index is 11.6. The number of rotatable bonds is 7. The van der Waals surface area contributed by atoms with Crippen LogP contribution in [0.5, 0.6) is 23.5 Å². The lowest BCUT2D eigenvalue weighted by molar-refractivity contribution is 0.0586. The van der Waals surface area contributed by atoms with Crippen molar-refractivity contribution in [3.05, 3.63) is 35.9 Å². The van der Waals surface area contributed by atoms with Gasteiger partial charge < -0.3 is 23.7 Å². The van der Waals surface area contributed by atoms with Crippen LogP contribution in [0.15, 0.2) is 30.3 Å². The van der Waals surface area contributed by atoms with E-state index in [1.165, 1.54) is 27.4 Å². The van der Waals surface area contributed by atoms with Gasteiger partial charge in [0.2, 0.25) is 18.6 Å². The topological polar surface area (TPSA) is 89.0 Å². The molecule has 8 heteroatoms. The van der Waals surface area contributed by atoms with Crippen LogP contribution in [0, 0.1) is 0 Å². The first-order valence-electron chi connectivity index (χ1n) is 6.58. The van der Waals surface area contributed by atoms with Gasteiger partial charge in [-0.1, -0.05) is 12.1 Å². The number of carbonyl (C=O) groups is 1. The fraction of sp³-hybridized carbons (Fsp3) is 0.267. The van der Waals surface area contributed by atoms with Crippen molar-refractivity contribution in [2.45, 2.75) is 0 Å². The Hall–Kier alpha value is -3.03. The number of carbonyl (C=O) groups excluding carboxylic acids is 1. The van der Waals surface area contributed by atoms with Gasteiger partial charge in [0.15, 0.2) is 0 Å². The maximum absolute atomic E-state index is 11.6. The van der Waals surface area contributed by atoms with Crippen molar-refractivity contribution in [2.24, 2.45) is 0 Å². The van der Waals surface area contributed by atoms with Crippen LogP contribution in [0.4, 0.5) is 0 Å². The van der Waals surface area contributed by atoms with Crippen molar-refractivity contribution in [3.8, 4) is 23.5 Å². The molecule has 2 aromatic rings. The molecule has 0 aliphatic heterocycles. The zero-order valence-electron chi connectivity index (χ0n) is 12.9. The molecule has 2 rings (SSSR count). The van der Waals surface area contributed by atoms with Crippen LogP contribution >= 0.6 is 0 Å². The molecule has 8 nitrogen and oxygen atoms in total. The van der Waals surface area contributed by atoms with Crippen LogP contribution in [0.3, 0.4) is 0 Å². The molecule has 0 unspecified atom stereocenters. The summed E-state index contributed by atoms with van der Waals surface area (Å²) in [4.78, 5) is 19.6. The summed E-state index contributed by atoms with van der Waals surface area (Å²) in [7, 11) is 4.23. The van der Waals surface area contributed by atoms with Crippen LogP contribution in [0.2, 0.25) is 0 Å². The molecule has 0 atom stereocenters. The summed E-state index contributed by atoms with van der Waals surface area (Å²) in [6.45, 7) is -0.204. The van der Waals surface area contributed by atoms with Crippen LogP contribution in [0.25, 0.3) is 0 Å². The van der Waals surface area contributed by atoms with Gasteiger partial charge in [-0.2, -0.15) is 9.97 Å². The number of aromatic nitrogens is 2. The van der Waals surface area contributed by atoms with Gasteiger partial charge in [0.1, 0.15) is 11.3 Å². The largest absolute Gasteiger partial charge is 0.481 e. The molecule has 0 amide bonds. The summed E-state index contributed by atoms with van der Waals surface area (Å²) in [5, 5.41) is 0. The number of hydrogen-bond donors (Lipinski definition) is 0. The SMILES string of the molecule is COC(=O)c1ccccc1OCOc1nc(OC)cc(OC)n1. The van der Waals surface area contributed by atoms with Crippen LogP contribution in [0.1, 0.15) is 10.4 Å². The molecule has 0 bridgehead atoms. The second-order valence-corrected chi connectivity index (χ2v) is 4.13. The first kappa shape index (κ1) is 16.3. The van der Waals surface area contributed by atoms with Gasteiger partial charge in [-0.3, -0.25) is 0 Å². The third-order valence-electron chi connectivity index (χ3n) is 2.77. The fourth-order valence-electron chi connectivity index (χ4n) is 1.67. The van der Waals surface area contributed by atoms with Crippen molar-refractivity contribution < 1.29 is 28.5 Å². The van der Waals surface area contributed by atoms with Crippen molar-refractivity contribution >= 4 is 5.97 Å². The monoisotopic (exact) mass is 320 g/mol. The third-order valence-corrected chi connectivity index (χ3v) is 2.77. The molecule has 0 spiro atoms. The zero-order valence-corrected chi connectivity index (χ0v) is 12.9. The van der Waals surface area contributed by atoms with E-state index in [-0.39, 0.29) is 12.8 Å². The minimum atomic E-state index is -0.500. The molecule has 0 radical (unpaired) electrons. The van der Waals surface area contributed by atoms with E-state index in [1.54, 1.807) is 24.3 Å². The molecule has 1 aromatic heterocycles. The Morgan fingerprint density at radius 1 is 1.00 bits per heavy atom. The maximum Gasteiger partial charge on any atom is 0.341 e. The number of methoxy groups -OCH3 is 3. The van der Waals surface area contributed by atoms with E-state index >= 15 is 0 Å². The lowest BCUT2D eigenvalue weighted by atomic mass is 10.2. The van der Waals surface area contributed by atoms with E-state index in [2.05, 4.69) is 14.7 Å². The predicted octanol–water partition coefficient (Wildman–Crippen LogP) is 1.70. The molecule has 122 valence electrons. The van der Waals surface area contributed by atoms with Crippen LogP contribution < -0.4 is 18.9 Å². The van der Waals surface area contributed by atoms with Gasteiger partial charge in [-0.15, -0.1) is 0 Å². The molecule has 1 aromatic carbocycles. The lowest BCUT2D eigenvalue weighted by Crippen LogP contribution is -2.11. The second-order valence-electron chi connectivity index (χ2n) is 4.13. The Kier molecular flexibility index (Phi) is 5.56. The van der Waals surface area contributed by atoms with Crippen molar-refractivity contribution in [1.29, 1.82) is 0 Å². The molecule has 1 heterocycles. The van der Waals surface area contributed by atoms with E-state index in [0.29, 0.717) is 23.1 Å². The quantitative estimate of drug-likeness (QED) is 0.562. The predicted molar refractivity (Wildman–Crippen MR) is 79.0 cm³/mol. The smallest absolute Gasteiger partial charge is 0.341 e. The molecule has 23 heavy (non-hydrogen) atoms. The highest BCUT2D eigenvalue weighted by Crippen LogP contribution is 2.21. The van der Waals surface area contributed by atoms with Crippen molar-refractivity contribution in [2.75, 3.05) is 28.1 Å². The molecule has 0 fully saturated rings. The minimum absolute atomic E-state index is 0.0248. The van der Waals surface area contributed by atoms with Crippen molar-refractivity contribution in [1.82, 2.24) is 9.97 Å². The molecular weight excluding hydrogens is 304 g/mol. The number of hydrogen-bond acceptors (Lipinski definition) is 8. The molecule has 0 N–H and O–H groups in total. The molecule has 0 aliphatic carbocycles. The molecular formula is C15H16N2O6. The normalized spacial score (nSPS) is 9.87. The summed E-state index contributed by atoms with van der Waals surface area (Å²) < 4.78 is 25.4. The first-order chi connectivity index (χ1) is 11.2. The van der Waals surface area contributed by atoms with Gasteiger partial charge >= 0.3 is 12.0 Å². The molecule has 0 aliphatic rings. The number of ether oxygens (including phenoxy) is 5. The summed E-state index contributed by atoms with van der Waals surface area (Å²) >= 11 is 0. The lowest BCUT2D eigenvalue weighted by Gasteiger charge is -2.11. The number of benzene rings is 1. The Balaban J connectivity index is 2.04. The van der Waals surface area contributed by atoms with Crippen LogP contribution in [-0.4, -0.2) is 44.1 Å². The van der Waals surface area contributed by atoms with Crippen molar-refractivity contribution in [3.63, 3.8) is 0 Å². The fourth-order valence-corrected chi connectivity index (χ4v) is 1.67. The summed E-state index contributed by atoms with van der Waals surface area (Å²) in [5.41, 5.74) is 0.294. The highest BCUT2D eigenvalue weighted by Gasteiger charge is 2.13. The average molecular weight is 320 g/mol. The highest BCUT2D eigenvalue weighted by atomic mass is 16.7. The Morgan fingerprint density at radius 3 is 2.26 bits per heavy atom. The van der Waals surface area contributed by atoms with Gasteiger partial charge in [-0.25, -0.2) is 4.79 Å². The number of esters is 1. The number of nitrogens with zero attached hydrogens (tertiary/aromatic N) is 2. The summed E-state index contributed by atoms with van der Waals surface area (Å²) in [6.07, 6.45) is 0. The Bertz CT molecular complexity index is 655. The van der Waals surface area contributed by atoms with Gasteiger partial charge in [0, 0.05) is 0 Å². The standard InChI is InChI=1S/C15H16N2O6/c1-19-12-8-13(20-2)17-15(16-12)23-9-22-11-7-5-4-6-10(11)14(18)21-3/h4-8H,9H2,1-3H3. The van der Waals surface area contributed by atoms with Gasteiger partial charge in [0.25, 0.3) is 0 Å². The minimum Gasteiger partial charge on any atom is -0.481 e.